The summed E-state index contributed by atoms with van der Waals surface area (Å²) < 4.78 is 0. The van der Waals surface area contributed by atoms with Gasteiger partial charge >= 0.3 is 6.03 Å². The fourth-order valence-electron chi connectivity index (χ4n) is 3.14. The Hall–Kier alpha value is -2.04. The first-order valence-electron chi connectivity index (χ1n) is 6.90. The van der Waals surface area contributed by atoms with E-state index in [1.807, 2.05) is 35.2 Å². The van der Waals surface area contributed by atoms with E-state index in [2.05, 4.69) is 0 Å². The minimum atomic E-state index is -0.0425. The molecule has 2 aliphatic rings. The maximum absolute atomic E-state index is 12.5. The summed E-state index contributed by atoms with van der Waals surface area (Å²) in [7, 11) is 3.49. The molecule has 1 aromatic rings. The lowest BCUT2D eigenvalue weighted by Crippen LogP contribution is -2.40. The molecule has 3 amide bonds. The molecule has 5 heteroatoms. The molecule has 0 N–H and O–H groups in total. The number of hydrogen-bond acceptors (Lipinski definition) is 2. The molecule has 0 radical (unpaired) electrons. The Morgan fingerprint density at radius 2 is 1.85 bits per heavy atom. The fourth-order valence-corrected chi connectivity index (χ4v) is 3.14. The quantitative estimate of drug-likeness (QED) is 0.773. The van der Waals surface area contributed by atoms with Gasteiger partial charge in [-0.1, -0.05) is 18.2 Å². The lowest BCUT2D eigenvalue weighted by molar-refractivity contribution is -0.120. The van der Waals surface area contributed by atoms with E-state index in [0.717, 1.165) is 5.69 Å². The number of benzene rings is 1. The number of carbonyl (C=O) groups is 2. The minimum Gasteiger partial charge on any atom is -0.331 e. The van der Waals surface area contributed by atoms with Crippen molar-refractivity contribution in [3.63, 3.8) is 0 Å². The second kappa shape index (κ2) is 4.81. The smallest absolute Gasteiger partial charge is 0.319 e. The molecule has 0 aliphatic carbocycles. The van der Waals surface area contributed by atoms with Gasteiger partial charge in [0.1, 0.15) is 0 Å². The van der Waals surface area contributed by atoms with Crippen LogP contribution in [0.2, 0.25) is 0 Å². The zero-order chi connectivity index (χ0) is 14.3. The van der Waals surface area contributed by atoms with Gasteiger partial charge < -0.3 is 14.7 Å². The van der Waals surface area contributed by atoms with Gasteiger partial charge in [0, 0.05) is 45.3 Å². The van der Waals surface area contributed by atoms with Gasteiger partial charge in [0.25, 0.3) is 0 Å². The number of amides is 3. The zero-order valence-corrected chi connectivity index (χ0v) is 11.8. The largest absolute Gasteiger partial charge is 0.331 e. The number of rotatable bonds is 1. The van der Waals surface area contributed by atoms with Gasteiger partial charge in [-0.15, -0.1) is 0 Å². The standard InChI is InChI=1S/C15H19N3O2/c1-16(2)15(20)17-8-11-9-18(14(19)13(11)10-17)12-6-4-3-5-7-12/h3-7,11,13H,8-10H2,1-2H3/t11-,13+/m0/s1. The van der Waals surface area contributed by atoms with Crippen LogP contribution in [-0.2, 0) is 4.79 Å². The molecule has 106 valence electrons. The molecule has 0 bridgehead atoms. The van der Waals surface area contributed by atoms with Crippen LogP contribution >= 0.6 is 0 Å². The molecule has 2 saturated heterocycles. The summed E-state index contributed by atoms with van der Waals surface area (Å²) in [4.78, 5) is 29.7. The number of likely N-dealkylation sites (tertiary alicyclic amines) is 1. The third-order valence-electron chi connectivity index (χ3n) is 4.16. The van der Waals surface area contributed by atoms with Crippen LogP contribution in [0.25, 0.3) is 0 Å². The Kier molecular flexibility index (Phi) is 3.12. The van der Waals surface area contributed by atoms with Crippen LogP contribution in [0.1, 0.15) is 0 Å². The van der Waals surface area contributed by atoms with E-state index in [-0.39, 0.29) is 23.8 Å². The molecular weight excluding hydrogens is 254 g/mol. The van der Waals surface area contributed by atoms with Gasteiger partial charge in [-0.25, -0.2) is 4.79 Å². The van der Waals surface area contributed by atoms with Crippen LogP contribution in [0, 0.1) is 11.8 Å². The molecular formula is C15H19N3O2. The number of para-hydroxylation sites is 1. The fraction of sp³-hybridized carbons (Fsp3) is 0.467. The van der Waals surface area contributed by atoms with Crippen molar-refractivity contribution < 1.29 is 9.59 Å². The molecule has 0 saturated carbocycles. The molecule has 0 unspecified atom stereocenters. The maximum atomic E-state index is 12.5. The van der Waals surface area contributed by atoms with Gasteiger partial charge in [-0.2, -0.15) is 0 Å². The van der Waals surface area contributed by atoms with Crippen LogP contribution in [0.15, 0.2) is 30.3 Å². The predicted molar refractivity (Wildman–Crippen MR) is 76.4 cm³/mol. The average Bonchev–Trinajstić information content (AvgIpc) is 2.99. The summed E-state index contributed by atoms with van der Waals surface area (Å²) in [6, 6.07) is 9.75. The second-order valence-corrected chi connectivity index (χ2v) is 5.73. The normalized spacial score (nSPS) is 25.0. The Labute approximate surface area is 118 Å². The number of anilines is 1. The Bertz CT molecular complexity index is 529. The van der Waals surface area contributed by atoms with Gasteiger partial charge in [0.15, 0.2) is 0 Å². The SMILES string of the molecule is CN(C)C(=O)N1C[C@H]2CN(c3ccccc3)C(=O)[C@@H]2C1. The monoisotopic (exact) mass is 273 g/mol. The van der Waals surface area contributed by atoms with Gasteiger partial charge in [0.2, 0.25) is 5.91 Å². The third-order valence-corrected chi connectivity index (χ3v) is 4.16. The van der Waals surface area contributed by atoms with E-state index in [1.54, 1.807) is 23.9 Å². The summed E-state index contributed by atoms with van der Waals surface area (Å²) >= 11 is 0. The van der Waals surface area contributed by atoms with Crippen LogP contribution < -0.4 is 4.90 Å². The van der Waals surface area contributed by atoms with Crippen molar-refractivity contribution in [3.8, 4) is 0 Å². The molecule has 2 atom stereocenters. The summed E-state index contributed by atoms with van der Waals surface area (Å²) in [5.74, 6) is 0.362. The minimum absolute atomic E-state index is 0.00142. The third kappa shape index (κ3) is 2.03. The van der Waals surface area contributed by atoms with Gasteiger partial charge in [0.05, 0.1) is 5.92 Å². The van der Waals surface area contributed by atoms with E-state index in [9.17, 15) is 9.59 Å². The highest BCUT2D eigenvalue weighted by atomic mass is 16.2. The molecule has 0 spiro atoms. The number of hydrogen-bond donors (Lipinski definition) is 0. The van der Waals surface area contributed by atoms with Crippen LogP contribution in [0.3, 0.4) is 0 Å². The summed E-state index contributed by atoms with van der Waals surface area (Å²) in [5.41, 5.74) is 0.956. The Balaban J connectivity index is 1.73. The van der Waals surface area contributed by atoms with Crippen molar-refractivity contribution in [3.05, 3.63) is 30.3 Å². The second-order valence-electron chi connectivity index (χ2n) is 5.73. The lowest BCUT2D eigenvalue weighted by atomic mass is 10.0. The topological polar surface area (TPSA) is 43.9 Å². The Morgan fingerprint density at radius 3 is 2.45 bits per heavy atom. The zero-order valence-electron chi connectivity index (χ0n) is 11.8. The predicted octanol–water partition coefficient (Wildman–Crippen LogP) is 1.26. The molecule has 1 aromatic carbocycles. The van der Waals surface area contributed by atoms with E-state index in [4.69, 9.17) is 0 Å². The number of urea groups is 1. The molecule has 20 heavy (non-hydrogen) atoms. The van der Waals surface area contributed by atoms with Crippen molar-refractivity contribution in [2.75, 3.05) is 38.6 Å². The highest BCUT2D eigenvalue weighted by molar-refractivity contribution is 5.98. The van der Waals surface area contributed by atoms with Crippen LogP contribution in [0.5, 0.6) is 0 Å². The molecule has 2 aliphatic heterocycles. The molecule has 0 aromatic heterocycles. The molecule has 2 fully saturated rings. The van der Waals surface area contributed by atoms with Crippen molar-refractivity contribution in [2.45, 2.75) is 0 Å². The number of carbonyl (C=O) groups excluding carboxylic acids is 2. The van der Waals surface area contributed by atoms with Crippen molar-refractivity contribution in [1.29, 1.82) is 0 Å². The van der Waals surface area contributed by atoms with E-state index < -0.39 is 0 Å². The molecule has 5 nitrogen and oxygen atoms in total. The maximum Gasteiger partial charge on any atom is 0.319 e. The van der Waals surface area contributed by atoms with Gasteiger partial charge in [-0.05, 0) is 12.1 Å². The van der Waals surface area contributed by atoms with Crippen molar-refractivity contribution in [2.24, 2.45) is 11.8 Å². The van der Waals surface area contributed by atoms with Crippen molar-refractivity contribution in [1.82, 2.24) is 9.80 Å². The number of fused-ring (bicyclic) bond motifs is 1. The van der Waals surface area contributed by atoms with Crippen molar-refractivity contribution >= 4 is 17.6 Å². The van der Waals surface area contributed by atoms with Crippen LogP contribution in [0.4, 0.5) is 10.5 Å². The summed E-state index contributed by atoms with van der Waals surface area (Å²) in [6.07, 6.45) is 0. The van der Waals surface area contributed by atoms with Crippen LogP contribution in [-0.4, -0.2) is 55.5 Å². The van der Waals surface area contributed by atoms with E-state index >= 15 is 0 Å². The first-order chi connectivity index (χ1) is 9.58. The lowest BCUT2D eigenvalue weighted by Gasteiger charge is -2.24. The first kappa shape index (κ1) is 13.0. The molecule has 2 heterocycles. The highest BCUT2D eigenvalue weighted by Gasteiger charge is 2.47. The molecule has 3 rings (SSSR count). The Morgan fingerprint density at radius 1 is 1.15 bits per heavy atom. The summed E-state index contributed by atoms with van der Waals surface area (Å²) in [6.45, 7) is 1.94. The first-order valence-corrected chi connectivity index (χ1v) is 6.90. The summed E-state index contributed by atoms with van der Waals surface area (Å²) in [5, 5.41) is 0. The number of nitrogens with zero attached hydrogens (tertiary/aromatic N) is 3. The van der Waals surface area contributed by atoms with E-state index in [0.29, 0.717) is 19.6 Å². The van der Waals surface area contributed by atoms with Gasteiger partial charge in [-0.3, -0.25) is 4.79 Å². The van der Waals surface area contributed by atoms with E-state index in [1.165, 1.54) is 0 Å². The average molecular weight is 273 g/mol. The highest BCUT2D eigenvalue weighted by Crippen LogP contribution is 2.35.